The quantitative estimate of drug-likeness (QED) is 0.681. The van der Waals surface area contributed by atoms with Crippen LogP contribution < -0.4 is 56.1 Å². The van der Waals surface area contributed by atoms with Crippen LogP contribution in [-0.2, 0) is 0 Å². The van der Waals surface area contributed by atoms with Gasteiger partial charge in [-0.05, 0) is 6.07 Å². The molecule has 0 saturated carbocycles. The number of methoxy groups -OCH3 is 1. The molecule has 0 atom stereocenters. The maximum atomic E-state index is 11.9. The Morgan fingerprint density at radius 3 is 2.33 bits per heavy atom. The molecule has 0 heterocycles. The van der Waals surface area contributed by atoms with Crippen LogP contribution in [-0.4, -0.2) is 14.1 Å². The van der Waals surface area contributed by atoms with E-state index in [0.29, 0.717) is 11.3 Å². The first-order chi connectivity index (χ1) is 6.53. The number of ether oxygens (including phenoxy) is 1. The molecule has 0 unspecified atom stereocenters. The van der Waals surface area contributed by atoms with E-state index in [4.69, 9.17) is 4.74 Å². The molecule has 0 radical (unpaired) electrons. The van der Waals surface area contributed by atoms with E-state index in [1.807, 2.05) is 0 Å². The van der Waals surface area contributed by atoms with E-state index in [-0.39, 0.29) is 57.4 Å². The van der Waals surface area contributed by atoms with Crippen LogP contribution in [0.25, 0.3) is 6.08 Å². The molecular formula is C9H9BF3KO. The summed E-state index contributed by atoms with van der Waals surface area (Å²) in [5.41, 5.74) is 0.425. The average molecular weight is 240 g/mol. The van der Waals surface area contributed by atoms with Gasteiger partial charge < -0.3 is 17.7 Å². The first kappa shape index (κ1) is 15.3. The normalized spacial score (nSPS) is 11.2. The number of halogens is 3. The van der Waals surface area contributed by atoms with Crippen molar-refractivity contribution >= 4 is 13.1 Å². The Labute approximate surface area is 129 Å². The second-order valence-electron chi connectivity index (χ2n) is 2.73. The topological polar surface area (TPSA) is 9.23 Å². The van der Waals surface area contributed by atoms with Crippen LogP contribution in [0.2, 0.25) is 0 Å². The Hall–Kier alpha value is 0.251. The summed E-state index contributed by atoms with van der Waals surface area (Å²) in [7, 11) is 1.42. The molecule has 6 heteroatoms. The first-order valence-electron chi connectivity index (χ1n) is 4.05. The van der Waals surface area contributed by atoms with Gasteiger partial charge in [-0.1, -0.05) is 24.3 Å². The smallest absolute Gasteiger partial charge is 0.496 e. The van der Waals surface area contributed by atoms with Crippen LogP contribution in [0.4, 0.5) is 12.9 Å². The molecule has 0 aliphatic carbocycles. The summed E-state index contributed by atoms with van der Waals surface area (Å²) in [5.74, 6) is 0.682. The number of rotatable bonds is 3. The van der Waals surface area contributed by atoms with Crippen molar-refractivity contribution in [2.75, 3.05) is 7.11 Å². The fourth-order valence-electron chi connectivity index (χ4n) is 1.02. The molecule has 1 rings (SSSR count). The Balaban J connectivity index is 0.00000196. The van der Waals surface area contributed by atoms with E-state index in [2.05, 4.69) is 0 Å². The molecule has 0 fully saturated rings. The second-order valence-corrected chi connectivity index (χ2v) is 2.73. The van der Waals surface area contributed by atoms with E-state index < -0.39 is 6.98 Å². The number of benzene rings is 1. The van der Waals surface area contributed by atoms with Crippen molar-refractivity contribution in [3.05, 3.63) is 35.8 Å². The molecule has 0 saturated heterocycles. The molecule has 0 aliphatic heterocycles. The monoisotopic (exact) mass is 240 g/mol. The van der Waals surface area contributed by atoms with Gasteiger partial charge in [0.25, 0.3) is 0 Å². The van der Waals surface area contributed by atoms with Crippen molar-refractivity contribution in [2.45, 2.75) is 0 Å². The molecule has 76 valence electrons. The van der Waals surface area contributed by atoms with Crippen molar-refractivity contribution < 1.29 is 69.1 Å². The largest absolute Gasteiger partial charge is 1.00 e. The minimum atomic E-state index is -4.89. The first-order valence-corrected chi connectivity index (χ1v) is 4.05. The van der Waals surface area contributed by atoms with Crippen molar-refractivity contribution in [3.63, 3.8) is 0 Å². The van der Waals surface area contributed by atoms with Gasteiger partial charge >= 0.3 is 58.4 Å². The zero-order chi connectivity index (χ0) is 10.6. The SMILES string of the molecule is COc1ccccc1/C=C/[B-](F)(F)F.[K+]. The van der Waals surface area contributed by atoms with Crippen LogP contribution in [0.15, 0.2) is 30.2 Å². The van der Waals surface area contributed by atoms with Gasteiger partial charge in [0.1, 0.15) is 5.75 Å². The summed E-state index contributed by atoms with van der Waals surface area (Å²) in [4.78, 5) is 0. The molecule has 0 N–H and O–H groups in total. The average Bonchev–Trinajstić information content (AvgIpc) is 2.14. The molecule has 1 nitrogen and oxygen atoms in total. The molecule has 1 aromatic rings. The van der Waals surface area contributed by atoms with Gasteiger partial charge in [0.05, 0.1) is 7.11 Å². The summed E-state index contributed by atoms with van der Waals surface area (Å²) in [6.45, 7) is -4.89. The molecule has 15 heavy (non-hydrogen) atoms. The summed E-state index contributed by atoms with van der Waals surface area (Å²) in [5, 5.41) is 0. The third-order valence-electron chi connectivity index (χ3n) is 1.63. The summed E-state index contributed by atoms with van der Waals surface area (Å²) in [6.07, 6.45) is 1.01. The molecule has 0 aromatic heterocycles. The standard InChI is InChI=1S/C9H9BF3O.K/c1-14-9-5-3-2-4-8(9)6-7-10(11,12)13;/h2-7H,1H3;/q-1;+1/b7-6+;. The Morgan fingerprint density at radius 1 is 1.20 bits per heavy atom. The second kappa shape index (κ2) is 6.75. The van der Waals surface area contributed by atoms with E-state index in [1.54, 1.807) is 24.3 Å². The van der Waals surface area contributed by atoms with Gasteiger partial charge in [-0.25, -0.2) is 0 Å². The third-order valence-corrected chi connectivity index (χ3v) is 1.63. The van der Waals surface area contributed by atoms with Crippen molar-refractivity contribution in [1.29, 1.82) is 0 Å². The zero-order valence-corrected chi connectivity index (χ0v) is 11.7. The maximum Gasteiger partial charge on any atom is 1.00 e. The predicted molar refractivity (Wildman–Crippen MR) is 51.1 cm³/mol. The Bertz CT molecular complexity index is 338. The van der Waals surface area contributed by atoms with Crippen molar-refractivity contribution in [1.82, 2.24) is 0 Å². The van der Waals surface area contributed by atoms with Gasteiger partial charge in [0.15, 0.2) is 0 Å². The van der Waals surface area contributed by atoms with Crippen LogP contribution in [0.5, 0.6) is 5.75 Å². The summed E-state index contributed by atoms with van der Waals surface area (Å²) >= 11 is 0. The van der Waals surface area contributed by atoms with E-state index >= 15 is 0 Å². The van der Waals surface area contributed by atoms with Crippen LogP contribution in [0.1, 0.15) is 5.56 Å². The van der Waals surface area contributed by atoms with Gasteiger partial charge in [-0.15, -0.1) is 5.98 Å². The molecule has 0 bridgehead atoms. The predicted octanol–water partition coefficient (Wildman–Crippen LogP) is 0.0990. The number of hydrogen-bond acceptors (Lipinski definition) is 1. The minimum absolute atomic E-state index is 0. The van der Waals surface area contributed by atoms with Crippen LogP contribution in [0.3, 0.4) is 0 Å². The van der Waals surface area contributed by atoms with Crippen molar-refractivity contribution in [3.8, 4) is 5.75 Å². The zero-order valence-electron chi connectivity index (χ0n) is 8.58. The van der Waals surface area contributed by atoms with Crippen LogP contribution in [0, 0.1) is 0 Å². The van der Waals surface area contributed by atoms with Gasteiger partial charge in [0, 0.05) is 5.56 Å². The molecule has 0 amide bonds. The van der Waals surface area contributed by atoms with Gasteiger partial charge in [-0.3, -0.25) is 0 Å². The number of para-hydroxylation sites is 1. The minimum Gasteiger partial charge on any atom is -0.496 e. The fourth-order valence-corrected chi connectivity index (χ4v) is 1.02. The van der Waals surface area contributed by atoms with E-state index in [9.17, 15) is 12.9 Å². The van der Waals surface area contributed by atoms with Crippen LogP contribution >= 0.6 is 0 Å². The van der Waals surface area contributed by atoms with Gasteiger partial charge in [0.2, 0.25) is 0 Å². The maximum absolute atomic E-state index is 11.9. The fraction of sp³-hybridized carbons (Fsp3) is 0.111. The molecular weight excluding hydrogens is 231 g/mol. The number of hydrogen-bond donors (Lipinski definition) is 0. The van der Waals surface area contributed by atoms with Crippen molar-refractivity contribution in [2.24, 2.45) is 0 Å². The Morgan fingerprint density at radius 2 is 1.80 bits per heavy atom. The molecule has 0 spiro atoms. The van der Waals surface area contributed by atoms with E-state index in [1.165, 1.54) is 7.11 Å². The third kappa shape index (κ3) is 5.77. The summed E-state index contributed by atoms with van der Waals surface area (Å²) in [6, 6.07) is 6.54. The van der Waals surface area contributed by atoms with E-state index in [0.717, 1.165) is 6.08 Å². The Kier molecular flexibility index (Phi) is 6.87. The molecule has 1 aromatic carbocycles. The van der Waals surface area contributed by atoms with Gasteiger partial charge in [-0.2, -0.15) is 0 Å². The molecule has 0 aliphatic rings. The summed E-state index contributed by atoms with van der Waals surface area (Å²) < 4.78 is 40.6.